The van der Waals surface area contributed by atoms with Crippen molar-refractivity contribution in [3.63, 3.8) is 0 Å². The number of para-hydroxylation sites is 1. The van der Waals surface area contributed by atoms with E-state index in [2.05, 4.69) is 11.4 Å². The fraction of sp³-hybridized carbons (Fsp3) is 0.0455. The molecule has 0 fully saturated rings. The molecular formula is C22H13Cl2NOS. The summed E-state index contributed by atoms with van der Waals surface area (Å²) in [4.78, 5) is 14.4. The maximum atomic E-state index is 13.3. The van der Waals surface area contributed by atoms with Crippen LogP contribution >= 0.6 is 35.0 Å². The Morgan fingerprint density at radius 3 is 2.44 bits per heavy atom. The fourth-order valence-corrected chi connectivity index (χ4v) is 5.43. The molecule has 1 aliphatic carbocycles. The number of benzene rings is 3. The maximum absolute atomic E-state index is 13.3. The highest BCUT2D eigenvalue weighted by molar-refractivity contribution is 8.00. The first-order chi connectivity index (χ1) is 13.1. The Balaban J connectivity index is 1.78. The summed E-state index contributed by atoms with van der Waals surface area (Å²) in [5, 5.41) is 4.24. The summed E-state index contributed by atoms with van der Waals surface area (Å²) < 4.78 is 0. The minimum Gasteiger partial charge on any atom is -0.354 e. The molecule has 1 unspecified atom stereocenters. The third kappa shape index (κ3) is 2.61. The van der Waals surface area contributed by atoms with Gasteiger partial charge in [-0.2, -0.15) is 0 Å². The number of carbonyl (C=O) groups excluding carboxylic acids is 1. The molecule has 0 radical (unpaired) electrons. The van der Waals surface area contributed by atoms with E-state index in [9.17, 15) is 4.79 Å². The number of thioether (sulfide) groups is 1. The topological polar surface area (TPSA) is 29.1 Å². The van der Waals surface area contributed by atoms with Gasteiger partial charge in [0.15, 0.2) is 5.78 Å². The van der Waals surface area contributed by atoms with Gasteiger partial charge in [0.05, 0.1) is 26.7 Å². The van der Waals surface area contributed by atoms with Gasteiger partial charge in [-0.3, -0.25) is 4.79 Å². The lowest BCUT2D eigenvalue weighted by Crippen LogP contribution is -2.08. The number of halogens is 2. The van der Waals surface area contributed by atoms with E-state index in [1.165, 1.54) is 0 Å². The Bertz CT molecular complexity index is 1140. The number of hydrogen-bond acceptors (Lipinski definition) is 3. The molecule has 0 aromatic heterocycles. The monoisotopic (exact) mass is 409 g/mol. The zero-order valence-corrected chi connectivity index (χ0v) is 16.3. The van der Waals surface area contributed by atoms with Gasteiger partial charge < -0.3 is 5.32 Å². The molecule has 0 bridgehead atoms. The zero-order valence-electron chi connectivity index (χ0n) is 14.0. The maximum Gasteiger partial charge on any atom is 0.193 e. The second-order valence-electron chi connectivity index (χ2n) is 6.43. The summed E-state index contributed by atoms with van der Waals surface area (Å²) in [6, 6.07) is 21.4. The first kappa shape index (κ1) is 16.9. The Kier molecular flexibility index (Phi) is 4.05. The van der Waals surface area contributed by atoms with Crippen molar-refractivity contribution in [2.45, 2.75) is 10.1 Å². The van der Waals surface area contributed by atoms with E-state index in [0.717, 1.165) is 38.5 Å². The van der Waals surface area contributed by atoms with Gasteiger partial charge in [-0.25, -0.2) is 0 Å². The summed E-state index contributed by atoms with van der Waals surface area (Å²) in [6.07, 6.45) is 0. The summed E-state index contributed by atoms with van der Waals surface area (Å²) >= 11 is 14.5. The third-order valence-corrected chi connectivity index (χ3v) is 7.04. The van der Waals surface area contributed by atoms with Gasteiger partial charge in [-0.1, -0.05) is 71.7 Å². The molecule has 5 rings (SSSR count). The first-order valence-electron chi connectivity index (χ1n) is 8.50. The molecule has 2 aliphatic rings. The van der Waals surface area contributed by atoms with Crippen molar-refractivity contribution in [3.8, 4) is 0 Å². The predicted molar refractivity (Wildman–Crippen MR) is 113 cm³/mol. The Labute approximate surface area is 171 Å². The van der Waals surface area contributed by atoms with Gasteiger partial charge in [-0.15, -0.1) is 11.8 Å². The second kappa shape index (κ2) is 6.45. The number of rotatable bonds is 1. The van der Waals surface area contributed by atoms with Gasteiger partial charge in [0, 0.05) is 21.6 Å². The molecule has 0 saturated carbocycles. The van der Waals surface area contributed by atoms with E-state index >= 15 is 0 Å². The minimum atomic E-state index is -0.248. The number of ketones is 1. The highest BCUT2D eigenvalue weighted by Gasteiger charge is 2.38. The van der Waals surface area contributed by atoms with E-state index in [1.807, 2.05) is 54.6 Å². The van der Waals surface area contributed by atoms with Gasteiger partial charge in [0.25, 0.3) is 0 Å². The predicted octanol–water partition coefficient (Wildman–Crippen LogP) is 6.86. The van der Waals surface area contributed by atoms with Crippen LogP contribution in [0.15, 0.2) is 77.2 Å². The highest BCUT2D eigenvalue weighted by Crippen LogP contribution is 2.53. The average molecular weight is 410 g/mol. The lowest BCUT2D eigenvalue weighted by molar-refractivity contribution is 0.103. The molecule has 1 heterocycles. The van der Waals surface area contributed by atoms with Crippen LogP contribution < -0.4 is 5.32 Å². The largest absolute Gasteiger partial charge is 0.354 e. The summed E-state index contributed by atoms with van der Waals surface area (Å²) in [6.45, 7) is 0. The molecule has 1 aliphatic heterocycles. The van der Waals surface area contributed by atoms with Crippen LogP contribution in [0.25, 0.3) is 5.70 Å². The first-order valence-corrected chi connectivity index (χ1v) is 10.1. The molecule has 3 aromatic carbocycles. The smallest absolute Gasteiger partial charge is 0.193 e. The van der Waals surface area contributed by atoms with Gasteiger partial charge >= 0.3 is 0 Å². The van der Waals surface area contributed by atoms with Crippen molar-refractivity contribution >= 4 is 52.1 Å². The van der Waals surface area contributed by atoms with Crippen molar-refractivity contribution in [3.05, 3.63) is 99.0 Å². The Morgan fingerprint density at radius 1 is 0.852 bits per heavy atom. The van der Waals surface area contributed by atoms with Crippen LogP contribution in [0, 0.1) is 0 Å². The van der Waals surface area contributed by atoms with Crippen LogP contribution in [-0.2, 0) is 0 Å². The van der Waals surface area contributed by atoms with Crippen LogP contribution in [-0.4, -0.2) is 5.78 Å². The van der Waals surface area contributed by atoms with Crippen LogP contribution in [0.5, 0.6) is 0 Å². The number of hydrogen-bond donors (Lipinski definition) is 1. The number of fused-ring (bicyclic) bond motifs is 3. The van der Waals surface area contributed by atoms with Crippen molar-refractivity contribution in [1.82, 2.24) is 0 Å². The third-order valence-electron chi connectivity index (χ3n) is 4.87. The summed E-state index contributed by atoms with van der Waals surface area (Å²) in [5.41, 5.74) is 5.06. The molecule has 5 heteroatoms. The van der Waals surface area contributed by atoms with E-state index in [-0.39, 0.29) is 11.0 Å². The molecule has 0 spiro atoms. The van der Waals surface area contributed by atoms with Crippen molar-refractivity contribution < 1.29 is 4.79 Å². The molecule has 1 N–H and O–H groups in total. The molecule has 0 saturated heterocycles. The zero-order chi connectivity index (χ0) is 18.5. The lowest BCUT2D eigenvalue weighted by Gasteiger charge is -2.19. The molecule has 2 nitrogen and oxygen atoms in total. The molecule has 1 atom stereocenters. The van der Waals surface area contributed by atoms with Gasteiger partial charge in [0.1, 0.15) is 0 Å². The quantitative estimate of drug-likeness (QED) is 0.475. The van der Waals surface area contributed by atoms with Crippen LogP contribution in [0.3, 0.4) is 0 Å². The number of carbonyl (C=O) groups is 1. The number of Topliss-reactive ketones (excluding diaryl/α,β-unsaturated/α-hetero) is 1. The molecule has 132 valence electrons. The van der Waals surface area contributed by atoms with Crippen molar-refractivity contribution in [1.29, 1.82) is 0 Å². The molecule has 3 aromatic rings. The van der Waals surface area contributed by atoms with E-state index in [4.69, 9.17) is 23.2 Å². The molecule has 27 heavy (non-hydrogen) atoms. The summed E-state index contributed by atoms with van der Waals surface area (Å²) in [7, 11) is 0. The normalized spacial score (nSPS) is 17.7. The fourth-order valence-electron chi connectivity index (χ4n) is 3.62. The molecular weight excluding hydrogens is 397 g/mol. The second-order valence-corrected chi connectivity index (χ2v) is 8.36. The van der Waals surface area contributed by atoms with Crippen LogP contribution in [0.2, 0.25) is 10.0 Å². The van der Waals surface area contributed by atoms with Crippen molar-refractivity contribution in [2.75, 3.05) is 5.32 Å². The van der Waals surface area contributed by atoms with Crippen molar-refractivity contribution in [2.24, 2.45) is 0 Å². The minimum absolute atomic E-state index is 0.0365. The number of nitrogens with one attached hydrogen (secondary N) is 1. The number of anilines is 1. The highest BCUT2D eigenvalue weighted by atomic mass is 35.5. The van der Waals surface area contributed by atoms with E-state index < -0.39 is 0 Å². The average Bonchev–Trinajstić information content (AvgIpc) is 2.85. The van der Waals surface area contributed by atoms with Crippen LogP contribution in [0.4, 0.5) is 5.69 Å². The van der Waals surface area contributed by atoms with Crippen LogP contribution in [0.1, 0.15) is 26.7 Å². The molecule has 0 amide bonds. The Hall–Kier alpha value is -2.20. The lowest BCUT2D eigenvalue weighted by atomic mass is 10.0. The van der Waals surface area contributed by atoms with E-state index in [1.54, 1.807) is 17.8 Å². The Morgan fingerprint density at radius 2 is 1.59 bits per heavy atom. The van der Waals surface area contributed by atoms with Gasteiger partial charge in [0.2, 0.25) is 0 Å². The standard InChI is InChI=1S/C22H13Cl2NOS/c23-15-9-5-8-14(19(15)24)22-18-20(12-6-1-2-7-13(12)21(18)26)25-16-10-3-4-11-17(16)27-22/h1-11,22,25H. The van der Waals surface area contributed by atoms with E-state index in [0.29, 0.717) is 10.0 Å². The SMILES string of the molecule is O=C1C2=C(Nc3ccccc3SC2c2cccc(Cl)c2Cl)c2ccccc21. The van der Waals surface area contributed by atoms with Gasteiger partial charge in [-0.05, 0) is 23.8 Å². The summed E-state index contributed by atoms with van der Waals surface area (Å²) in [5.74, 6) is 0.0365.